The zero-order valence-corrected chi connectivity index (χ0v) is 16.2. The van der Waals surface area contributed by atoms with Crippen LogP contribution >= 0.6 is 0 Å². The van der Waals surface area contributed by atoms with Crippen LogP contribution < -0.4 is 15.1 Å². The normalized spacial score (nSPS) is 10.9. The third kappa shape index (κ3) is 4.10. The number of rotatable bonds is 7. The molecule has 30 heavy (non-hydrogen) atoms. The van der Waals surface area contributed by atoms with Crippen LogP contribution in [0.3, 0.4) is 0 Å². The average Bonchev–Trinajstić information content (AvgIpc) is 2.73. The fraction of sp³-hybridized carbons (Fsp3) is 0.120. The molecule has 0 N–H and O–H groups in total. The van der Waals surface area contributed by atoms with Gasteiger partial charge in [0.15, 0.2) is 0 Å². The Morgan fingerprint density at radius 1 is 0.700 bits per heavy atom. The van der Waals surface area contributed by atoms with Gasteiger partial charge in [0.2, 0.25) is 0 Å². The molecule has 5 heteroatoms. The highest BCUT2D eigenvalue weighted by atomic mass is 16.4. The summed E-state index contributed by atoms with van der Waals surface area (Å²) in [5, 5.41) is 26.6. The summed E-state index contributed by atoms with van der Waals surface area (Å²) in [7, 11) is 0. The van der Waals surface area contributed by atoms with Crippen LogP contribution in [0, 0.1) is 0 Å². The number of aliphatic carboxylic acids is 2. The second-order valence-corrected chi connectivity index (χ2v) is 7.24. The number of nitrogens with zero attached hydrogens (tertiary/aromatic N) is 1. The number of carboxylic acids is 2. The molecular weight excluding hydrogens is 378 g/mol. The molecule has 0 aliphatic heterocycles. The first kappa shape index (κ1) is 19.5. The molecule has 0 aromatic heterocycles. The molecule has 0 heterocycles. The maximum atomic E-state index is 11.0. The second-order valence-electron chi connectivity index (χ2n) is 7.24. The van der Waals surface area contributed by atoms with E-state index >= 15 is 0 Å². The van der Waals surface area contributed by atoms with Crippen molar-refractivity contribution in [1.29, 1.82) is 0 Å². The molecule has 4 aromatic rings. The summed E-state index contributed by atoms with van der Waals surface area (Å²) in [6.07, 6.45) is 0.698. The fourth-order valence-corrected chi connectivity index (χ4v) is 3.88. The van der Waals surface area contributed by atoms with Crippen molar-refractivity contribution >= 4 is 39.2 Å². The lowest BCUT2D eigenvalue weighted by Crippen LogP contribution is -2.44. The molecule has 0 bridgehead atoms. The Hall–Kier alpha value is -3.86. The van der Waals surface area contributed by atoms with Gasteiger partial charge in [0.05, 0.1) is 25.0 Å². The van der Waals surface area contributed by atoms with Crippen LogP contribution in [-0.4, -0.2) is 25.0 Å². The second kappa shape index (κ2) is 8.25. The molecule has 0 unspecified atom stereocenters. The average molecular weight is 397 g/mol. The summed E-state index contributed by atoms with van der Waals surface area (Å²) in [5.74, 6) is -2.69. The van der Waals surface area contributed by atoms with Crippen molar-refractivity contribution in [2.75, 3.05) is 18.0 Å². The predicted octanol–water partition coefficient (Wildman–Crippen LogP) is 1.89. The summed E-state index contributed by atoms with van der Waals surface area (Å²) < 4.78 is 0. The minimum absolute atomic E-state index is 0.495. The van der Waals surface area contributed by atoms with Gasteiger partial charge in [-0.1, -0.05) is 60.7 Å². The lowest BCUT2D eigenvalue weighted by Gasteiger charge is -2.25. The largest absolute Gasteiger partial charge is 0.548 e. The number of carboxylic acid groups (broad SMARTS) is 2. The summed E-state index contributed by atoms with van der Waals surface area (Å²) in [4.78, 5) is 23.1. The van der Waals surface area contributed by atoms with E-state index < -0.39 is 25.0 Å². The first-order valence-corrected chi connectivity index (χ1v) is 9.64. The number of hydrogen-bond acceptors (Lipinski definition) is 5. The summed E-state index contributed by atoms with van der Waals surface area (Å²) >= 11 is 0. The Labute approximate surface area is 173 Å². The Morgan fingerprint density at radius 2 is 1.20 bits per heavy atom. The van der Waals surface area contributed by atoms with Crippen LogP contribution in [0.5, 0.6) is 0 Å². The van der Waals surface area contributed by atoms with Gasteiger partial charge >= 0.3 is 0 Å². The van der Waals surface area contributed by atoms with E-state index in [4.69, 9.17) is 0 Å². The first-order valence-electron chi connectivity index (χ1n) is 9.64. The zero-order valence-electron chi connectivity index (χ0n) is 16.2. The van der Waals surface area contributed by atoms with Crippen LogP contribution in [0.1, 0.15) is 11.1 Å². The zero-order chi connectivity index (χ0) is 21.1. The van der Waals surface area contributed by atoms with Crippen molar-refractivity contribution in [3.8, 4) is 0 Å². The Bertz CT molecular complexity index is 1160. The molecular formula is C25H19NO4-2. The van der Waals surface area contributed by atoms with E-state index in [1.165, 1.54) is 32.0 Å². The Balaban J connectivity index is 1.70. The lowest BCUT2D eigenvalue weighted by atomic mass is 9.92. The monoisotopic (exact) mass is 397 g/mol. The molecule has 150 valence electrons. The summed E-state index contributed by atoms with van der Waals surface area (Å²) in [5.41, 5.74) is 2.76. The number of carbonyl (C=O) groups excluding carboxylic acids is 2. The quantitative estimate of drug-likeness (QED) is 0.445. The summed E-state index contributed by atoms with van der Waals surface area (Å²) in [6, 6.07) is 26.0. The van der Waals surface area contributed by atoms with E-state index in [0.29, 0.717) is 12.1 Å². The lowest BCUT2D eigenvalue weighted by molar-refractivity contribution is -0.304. The highest BCUT2D eigenvalue weighted by molar-refractivity contribution is 6.02. The van der Waals surface area contributed by atoms with Crippen molar-refractivity contribution in [1.82, 2.24) is 0 Å². The van der Waals surface area contributed by atoms with Crippen LogP contribution in [0.15, 0.2) is 78.9 Å². The van der Waals surface area contributed by atoms with E-state index in [2.05, 4.69) is 30.3 Å². The van der Waals surface area contributed by atoms with Crippen LogP contribution in [0.25, 0.3) is 21.5 Å². The smallest absolute Gasteiger partial charge is 0.0608 e. The molecule has 0 aliphatic rings. The molecule has 4 rings (SSSR count). The Morgan fingerprint density at radius 3 is 1.70 bits per heavy atom. The van der Waals surface area contributed by atoms with Crippen molar-refractivity contribution in [3.05, 3.63) is 90.0 Å². The van der Waals surface area contributed by atoms with Gasteiger partial charge in [0.25, 0.3) is 0 Å². The third-order valence-electron chi connectivity index (χ3n) is 5.21. The van der Waals surface area contributed by atoms with Gasteiger partial charge in [-0.2, -0.15) is 0 Å². The van der Waals surface area contributed by atoms with Gasteiger partial charge in [0.1, 0.15) is 0 Å². The number of hydrogen-bond donors (Lipinski definition) is 0. The standard InChI is InChI=1S/C25H21NO4/c27-24(28)15-26(16-25(29)30)20-11-9-17(10-12-20)13-23-21-7-3-1-5-18(21)14-19-6-2-4-8-22(19)23/h1-12,14H,13,15-16H2,(H,27,28)(H,29,30)/p-2. The number of carbonyl (C=O) groups is 2. The van der Waals surface area contributed by atoms with Crippen molar-refractivity contribution in [2.45, 2.75) is 6.42 Å². The summed E-state index contributed by atoms with van der Waals surface area (Å²) in [6.45, 7) is -1.03. The third-order valence-corrected chi connectivity index (χ3v) is 5.21. The molecule has 0 aliphatic carbocycles. The van der Waals surface area contributed by atoms with Gasteiger partial charge < -0.3 is 24.7 Å². The predicted molar refractivity (Wildman–Crippen MR) is 113 cm³/mol. The van der Waals surface area contributed by atoms with Gasteiger partial charge in [-0.15, -0.1) is 0 Å². The van der Waals surface area contributed by atoms with Crippen LogP contribution in [0.2, 0.25) is 0 Å². The highest BCUT2D eigenvalue weighted by Crippen LogP contribution is 2.30. The van der Waals surface area contributed by atoms with Crippen molar-refractivity contribution < 1.29 is 19.8 Å². The van der Waals surface area contributed by atoms with Gasteiger partial charge in [0, 0.05) is 5.69 Å². The Kier molecular flexibility index (Phi) is 5.35. The highest BCUT2D eigenvalue weighted by Gasteiger charge is 2.10. The van der Waals surface area contributed by atoms with Crippen molar-refractivity contribution in [3.63, 3.8) is 0 Å². The van der Waals surface area contributed by atoms with Gasteiger partial charge in [-0.3, -0.25) is 0 Å². The molecule has 0 saturated heterocycles. The number of anilines is 1. The van der Waals surface area contributed by atoms with Crippen LogP contribution in [0.4, 0.5) is 5.69 Å². The van der Waals surface area contributed by atoms with E-state index in [1.807, 2.05) is 36.4 Å². The molecule has 0 radical (unpaired) electrons. The molecule has 0 amide bonds. The first-order chi connectivity index (χ1) is 14.5. The minimum atomic E-state index is -1.34. The minimum Gasteiger partial charge on any atom is -0.548 e. The molecule has 0 spiro atoms. The molecule has 0 saturated carbocycles. The maximum absolute atomic E-state index is 11.0. The van der Waals surface area contributed by atoms with Crippen molar-refractivity contribution in [2.24, 2.45) is 0 Å². The number of benzene rings is 4. The van der Waals surface area contributed by atoms with E-state index in [1.54, 1.807) is 12.1 Å². The van der Waals surface area contributed by atoms with E-state index in [0.717, 1.165) is 5.56 Å². The fourth-order valence-electron chi connectivity index (χ4n) is 3.88. The molecule has 0 fully saturated rings. The SMILES string of the molecule is O=C([O-])CN(CC(=O)[O-])c1ccc(Cc2c3ccccc3cc3ccccc23)cc1. The molecule has 4 aromatic carbocycles. The molecule has 0 atom stereocenters. The van der Waals surface area contributed by atoms with E-state index in [9.17, 15) is 19.8 Å². The maximum Gasteiger partial charge on any atom is 0.0608 e. The van der Waals surface area contributed by atoms with Gasteiger partial charge in [-0.25, -0.2) is 0 Å². The number of fused-ring (bicyclic) bond motifs is 2. The topological polar surface area (TPSA) is 83.5 Å². The van der Waals surface area contributed by atoms with Crippen LogP contribution in [-0.2, 0) is 16.0 Å². The van der Waals surface area contributed by atoms with E-state index in [-0.39, 0.29) is 0 Å². The molecule has 5 nitrogen and oxygen atoms in total. The van der Waals surface area contributed by atoms with Gasteiger partial charge in [-0.05, 0) is 57.3 Å².